The van der Waals surface area contributed by atoms with E-state index in [2.05, 4.69) is 29.9 Å². The molecule has 0 saturated carbocycles. The molecule has 31 heavy (non-hydrogen) atoms. The Hall–Kier alpha value is -3.22. The summed E-state index contributed by atoms with van der Waals surface area (Å²) in [5, 5.41) is 0. The third-order valence-corrected chi connectivity index (χ3v) is 5.14. The predicted octanol–water partition coefficient (Wildman–Crippen LogP) is 3.70. The molecule has 1 heterocycles. The van der Waals surface area contributed by atoms with E-state index in [9.17, 15) is 9.59 Å². The average Bonchev–Trinajstić information content (AvgIpc) is 3.01. The zero-order valence-electron chi connectivity index (χ0n) is 18.8. The van der Waals surface area contributed by atoms with Crippen LogP contribution in [0.4, 0.5) is 4.79 Å². The van der Waals surface area contributed by atoms with Gasteiger partial charge in [-0.05, 0) is 57.4 Å². The number of nitrogens with one attached hydrogen (secondary N) is 2. The van der Waals surface area contributed by atoms with E-state index in [1.54, 1.807) is 6.07 Å². The SMILES string of the molecule is Cc1cc(C)c(CCOC(=O)NNC(=O)COc2cccc3c2OC(C)(C)C3)c(C)c1. The zero-order chi connectivity index (χ0) is 22.6. The van der Waals surface area contributed by atoms with E-state index in [1.165, 1.54) is 16.7 Å². The first-order valence-corrected chi connectivity index (χ1v) is 10.4. The van der Waals surface area contributed by atoms with Gasteiger partial charge in [-0.3, -0.25) is 10.2 Å². The van der Waals surface area contributed by atoms with E-state index in [-0.39, 0.29) is 18.8 Å². The Labute approximate surface area is 183 Å². The normalized spacial score (nSPS) is 13.7. The minimum absolute atomic E-state index is 0.215. The summed E-state index contributed by atoms with van der Waals surface area (Å²) in [4.78, 5) is 23.9. The lowest BCUT2D eigenvalue weighted by Gasteiger charge is -2.18. The number of hydrazine groups is 1. The minimum atomic E-state index is -0.721. The molecule has 7 heteroatoms. The van der Waals surface area contributed by atoms with Gasteiger partial charge in [0.2, 0.25) is 0 Å². The molecule has 2 aromatic carbocycles. The Morgan fingerprint density at radius 2 is 1.81 bits per heavy atom. The molecule has 2 N–H and O–H groups in total. The Balaban J connectivity index is 1.40. The van der Waals surface area contributed by atoms with Gasteiger partial charge in [0, 0.05) is 18.4 Å². The molecule has 2 aromatic rings. The first-order valence-electron chi connectivity index (χ1n) is 10.4. The quantitative estimate of drug-likeness (QED) is 0.688. The zero-order valence-corrected chi connectivity index (χ0v) is 18.8. The van der Waals surface area contributed by atoms with Crippen molar-refractivity contribution in [1.29, 1.82) is 0 Å². The van der Waals surface area contributed by atoms with Crippen LogP contribution in [0, 0.1) is 20.8 Å². The molecule has 1 aliphatic rings. The van der Waals surface area contributed by atoms with Gasteiger partial charge in [0.1, 0.15) is 5.60 Å². The molecule has 0 spiro atoms. The van der Waals surface area contributed by atoms with Gasteiger partial charge in [-0.15, -0.1) is 0 Å². The molecule has 0 aromatic heterocycles. The standard InChI is InChI=1S/C24H30N2O5/c1-15-11-16(2)19(17(3)12-15)9-10-29-23(28)26-25-21(27)14-30-20-8-6-7-18-13-24(4,5)31-22(18)20/h6-8,11-12H,9-10,13-14H2,1-5H3,(H,25,27)(H,26,28). The van der Waals surface area contributed by atoms with Gasteiger partial charge in [-0.1, -0.05) is 29.8 Å². The third-order valence-electron chi connectivity index (χ3n) is 5.14. The fourth-order valence-corrected chi connectivity index (χ4v) is 3.89. The number of amides is 2. The number of ether oxygens (including phenoxy) is 3. The third kappa shape index (κ3) is 5.90. The van der Waals surface area contributed by atoms with Crippen LogP contribution >= 0.6 is 0 Å². The van der Waals surface area contributed by atoms with Crippen LogP contribution in [0.1, 0.15) is 41.7 Å². The molecule has 3 rings (SSSR count). The first kappa shape index (κ1) is 22.5. The van der Waals surface area contributed by atoms with Crippen LogP contribution in [0.15, 0.2) is 30.3 Å². The van der Waals surface area contributed by atoms with E-state index < -0.39 is 12.0 Å². The number of rotatable bonds is 6. The fourth-order valence-electron chi connectivity index (χ4n) is 3.89. The number of carbonyl (C=O) groups is 2. The lowest BCUT2D eigenvalue weighted by atomic mass is 9.98. The van der Waals surface area contributed by atoms with Crippen LogP contribution < -0.4 is 20.3 Å². The lowest BCUT2D eigenvalue weighted by Crippen LogP contribution is -2.44. The van der Waals surface area contributed by atoms with Crippen LogP contribution in [0.3, 0.4) is 0 Å². The summed E-state index contributed by atoms with van der Waals surface area (Å²) in [5.41, 5.74) is 9.98. The van der Waals surface area contributed by atoms with Crippen molar-refractivity contribution >= 4 is 12.0 Å². The van der Waals surface area contributed by atoms with Gasteiger partial charge in [0.25, 0.3) is 5.91 Å². The first-order chi connectivity index (χ1) is 14.6. The molecule has 0 unspecified atom stereocenters. The van der Waals surface area contributed by atoms with E-state index in [1.807, 2.05) is 39.8 Å². The summed E-state index contributed by atoms with van der Waals surface area (Å²) >= 11 is 0. The highest BCUT2D eigenvalue weighted by molar-refractivity contribution is 5.80. The Kier molecular flexibility index (Phi) is 6.73. The van der Waals surface area contributed by atoms with E-state index in [0.29, 0.717) is 17.9 Å². The largest absolute Gasteiger partial charge is 0.483 e. The number of carbonyl (C=O) groups excluding carboxylic acids is 2. The van der Waals surface area contributed by atoms with Crippen molar-refractivity contribution in [3.63, 3.8) is 0 Å². The van der Waals surface area contributed by atoms with Crippen molar-refractivity contribution in [1.82, 2.24) is 10.9 Å². The number of aryl methyl sites for hydroxylation is 3. The second kappa shape index (κ2) is 9.29. The highest BCUT2D eigenvalue weighted by atomic mass is 16.6. The number of hydrogen-bond donors (Lipinski definition) is 2. The number of benzene rings is 2. The van der Waals surface area contributed by atoms with Gasteiger partial charge in [-0.25, -0.2) is 10.2 Å². The second-order valence-electron chi connectivity index (χ2n) is 8.51. The van der Waals surface area contributed by atoms with Crippen LogP contribution in [-0.4, -0.2) is 30.8 Å². The molecule has 2 amide bonds. The maximum atomic E-state index is 12.0. The van der Waals surface area contributed by atoms with Gasteiger partial charge < -0.3 is 14.2 Å². The fraction of sp³-hybridized carbons (Fsp3) is 0.417. The molecule has 0 fully saturated rings. The molecule has 1 aliphatic heterocycles. The van der Waals surface area contributed by atoms with Gasteiger partial charge in [-0.2, -0.15) is 0 Å². The predicted molar refractivity (Wildman–Crippen MR) is 117 cm³/mol. The summed E-state index contributed by atoms with van der Waals surface area (Å²) in [7, 11) is 0. The van der Waals surface area contributed by atoms with Gasteiger partial charge in [0.05, 0.1) is 6.61 Å². The Bertz CT molecular complexity index is 961. The summed E-state index contributed by atoms with van der Waals surface area (Å²) in [6, 6.07) is 9.82. The molecule has 166 valence electrons. The summed E-state index contributed by atoms with van der Waals surface area (Å²) in [6.07, 6.45) is 0.667. The monoisotopic (exact) mass is 426 g/mol. The molecule has 0 saturated heterocycles. The molecule has 0 atom stereocenters. The van der Waals surface area contributed by atoms with E-state index in [0.717, 1.165) is 17.5 Å². The number of fused-ring (bicyclic) bond motifs is 1. The topological polar surface area (TPSA) is 85.9 Å². The van der Waals surface area contributed by atoms with E-state index in [4.69, 9.17) is 14.2 Å². The van der Waals surface area contributed by atoms with Crippen molar-refractivity contribution in [3.8, 4) is 11.5 Å². The number of hydrogen-bond acceptors (Lipinski definition) is 5. The van der Waals surface area contributed by atoms with Gasteiger partial charge >= 0.3 is 6.09 Å². The lowest BCUT2D eigenvalue weighted by molar-refractivity contribution is -0.124. The highest BCUT2D eigenvalue weighted by Crippen LogP contribution is 2.41. The maximum Gasteiger partial charge on any atom is 0.426 e. The molecular formula is C24H30N2O5. The molecular weight excluding hydrogens is 396 g/mol. The maximum absolute atomic E-state index is 12.0. The van der Waals surface area contributed by atoms with Crippen LogP contribution in [0.2, 0.25) is 0 Å². The molecule has 0 aliphatic carbocycles. The van der Waals surface area contributed by atoms with Crippen LogP contribution in [0.5, 0.6) is 11.5 Å². The second-order valence-corrected chi connectivity index (χ2v) is 8.51. The van der Waals surface area contributed by atoms with Crippen LogP contribution in [0.25, 0.3) is 0 Å². The smallest absolute Gasteiger partial charge is 0.426 e. The van der Waals surface area contributed by atoms with Crippen molar-refractivity contribution in [2.75, 3.05) is 13.2 Å². The minimum Gasteiger partial charge on any atom is -0.483 e. The van der Waals surface area contributed by atoms with Crippen molar-refractivity contribution in [3.05, 3.63) is 58.1 Å². The van der Waals surface area contributed by atoms with Crippen molar-refractivity contribution in [2.45, 2.75) is 53.1 Å². The Morgan fingerprint density at radius 3 is 2.52 bits per heavy atom. The van der Waals surface area contributed by atoms with Gasteiger partial charge in [0.15, 0.2) is 18.1 Å². The molecule has 7 nitrogen and oxygen atoms in total. The molecule has 0 bridgehead atoms. The van der Waals surface area contributed by atoms with E-state index >= 15 is 0 Å². The summed E-state index contributed by atoms with van der Waals surface area (Å²) in [6.45, 7) is 10.1. The van der Waals surface area contributed by atoms with Crippen molar-refractivity contribution < 1.29 is 23.8 Å². The summed E-state index contributed by atoms with van der Waals surface area (Å²) in [5.74, 6) is 0.663. The van der Waals surface area contributed by atoms with Crippen molar-refractivity contribution in [2.24, 2.45) is 0 Å². The molecule has 0 radical (unpaired) electrons. The number of para-hydroxylation sites is 1. The van der Waals surface area contributed by atoms with Crippen LogP contribution in [-0.2, 0) is 22.4 Å². The Morgan fingerprint density at radius 1 is 1.10 bits per heavy atom. The average molecular weight is 427 g/mol. The summed E-state index contributed by atoms with van der Waals surface area (Å²) < 4.78 is 16.7. The highest BCUT2D eigenvalue weighted by Gasteiger charge is 2.32.